The molecule has 2 aromatic rings. The van der Waals surface area contributed by atoms with Gasteiger partial charge in [-0.1, -0.05) is 49.2 Å². The van der Waals surface area contributed by atoms with Gasteiger partial charge in [-0.2, -0.15) is 0 Å². The van der Waals surface area contributed by atoms with E-state index in [1.807, 2.05) is 12.1 Å². The van der Waals surface area contributed by atoms with Gasteiger partial charge in [0.05, 0.1) is 5.92 Å². The number of hydrogen-bond donors (Lipinski definition) is 1. The third-order valence-corrected chi connectivity index (χ3v) is 5.80. The highest BCUT2D eigenvalue weighted by atomic mass is 16.2. The van der Waals surface area contributed by atoms with Crippen molar-refractivity contribution in [1.29, 1.82) is 0 Å². The second-order valence-corrected chi connectivity index (χ2v) is 7.84. The number of fused-ring (bicyclic) bond motifs is 2. The first-order valence-electron chi connectivity index (χ1n) is 10.1. The second kappa shape index (κ2) is 7.30. The lowest BCUT2D eigenvalue weighted by Crippen LogP contribution is -2.66. The smallest absolute Gasteiger partial charge is 0.319 e. The molecule has 0 aromatic heterocycles. The summed E-state index contributed by atoms with van der Waals surface area (Å²) in [6.07, 6.45) is 2.05. The zero-order valence-corrected chi connectivity index (χ0v) is 16.7. The zero-order chi connectivity index (χ0) is 19.8. The van der Waals surface area contributed by atoms with Crippen molar-refractivity contribution in [2.75, 3.05) is 11.4 Å². The molecular weight excluding hydrogens is 350 g/mol. The van der Waals surface area contributed by atoms with Crippen molar-refractivity contribution in [3.8, 4) is 0 Å². The molecule has 1 N–H and O–H groups in total. The van der Waals surface area contributed by atoms with Gasteiger partial charge < -0.3 is 10.2 Å². The van der Waals surface area contributed by atoms with Gasteiger partial charge in [0.2, 0.25) is 5.91 Å². The van der Waals surface area contributed by atoms with E-state index >= 15 is 0 Å². The molecule has 2 aliphatic heterocycles. The molecule has 1 fully saturated rings. The Hall–Kier alpha value is -2.82. The molecule has 28 heavy (non-hydrogen) atoms. The first-order chi connectivity index (χ1) is 13.5. The van der Waals surface area contributed by atoms with E-state index in [1.54, 1.807) is 0 Å². The van der Waals surface area contributed by atoms with Crippen LogP contribution in [0.5, 0.6) is 0 Å². The van der Waals surface area contributed by atoms with E-state index in [1.165, 1.54) is 10.5 Å². The third kappa shape index (κ3) is 3.05. The lowest BCUT2D eigenvalue weighted by molar-refractivity contribution is -0.135. The summed E-state index contributed by atoms with van der Waals surface area (Å²) in [4.78, 5) is 29.5. The summed E-state index contributed by atoms with van der Waals surface area (Å²) >= 11 is 0. The van der Waals surface area contributed by atoms with Crippen LogP contribution in [0.15, 0.2) is 42.5 Å². The molecule has 0 aliphatic carbocycles. The number of para-hydroxylation sites is 1. The molecule has 5 heteroatoms. The number of benzene rings is 2. The van der Waals surface area contributed by atoms with E-state index in [2.05, 4.69) is 61.3 Å². The van der Waals surface area contributed by atoms with Gasteiger partial charge in [0.1, 0.15) is 6.17 Å². The van der Waals surface area contributed by atoms with E-state index in [-0.39, 0.29) is 24.0 Å². The van der Waals surface area contributed by atoms with Crippen LogP contribution in [0.4, 0.5) is 16.2 Å². The van der Waals surface area contributed by atoms with Crippen LogP contribution in [0.1, 0.15) is 36.5 Å². The summed E-state index contributed by atoms with van der Waals surface area (Å²) < 4.78 is 0. The molecule has 2 unspecified atom stereocenters. The molecule has 0 radical (unpaired) electrons. The molecular formula is C23H27N3O2. The van der Waals surface area contributed by atoms with Gasteiger partial charge >= 0.3 is 6.03 Å². The quantitative estimate of drug-likeness (QED) is 0.865. The maximum Gasteiger partial charge on any atom is 0.325 e. The van der Waals surface area contributed by atoms with E-state index in [4.69, 9.17) is 0 Å². The van der Waals surface area contributed by atoms with Crippen LogP contribution in [-0.4, -0.2) is 29.5 Å². The van der Waals surface area contributed by atoms with Gasteiger partial charge in [-0.3, -0.25) is 9.69 Å². The minimum atomic E-state index is -0.366. The number of imide groups is 1. The molecule has 0 bridgehead atoms. The molecule has 5 nitrogen and oxygen atoms in total. The number of unbranched alkanes of at least 4 members (excludes halogenated alkanes) is 1. The first kappa shape index (κ1) is 18.5. The van der Waals surface area contributed by atoms with Crippen LogP contribution >= 0.6 is 0 Å². The molecule has 2 heterocycles. The van der Waals surface area contributed by atoms with E-state index in [9.17, 15) is 9.59 Å². The monoisotopic (exact) mass is 377 g/mol. The predicted octanol–water partition coefficient (Wildman–Crippen LogP) is 4.29. The fourth-order valence-electron chi connectivity index (χ4n) is 4.37. The maximum absolute atomic E-state index is 13.2. The Morgan fingerprint density at radius 2 is 1.86 bits per heavy atom. The molecule has 1 saturated heterocycles. The number of anilines is 2. The Balaban J connectivity index is 1.79. The number of carbonyl (C=O) groups excluding carboxylic acids is 2. The Bertz CT molecular complexity index is 924. The molecule has 2 aromatic carbocycles. The average molecular weight is 377 g/mol. The highest BCUT2D eigenvalue weighted by Crippen LogP contribution is 2.41. The molecule has 3 amide bonds. The van der Waals surface area contributed by atoms with Crippen molar-refractivity contribution < 1.29 is 9.59 Å². The van der Waals surface area contributed by atoms with Crippen molar-refractivity contribution in [2.45, 2.75) is 46.2 Å². The lowest BCUT2D eigenvalue weighted by Gasteiger charge is -2.47. The highest BCUT2D eigenvalue weighted by molar-refractivity contribution is 6.00. The lowest BCUT2D eigenvalue weighted by atomic mass is 9.86. The van der Waals surface area contributed by atoms with Gasteiger partial charge in [0.15, 0.2) is 0 Å². The fraction of sp³-hybridized carbons (Fsp3) is 0.391. The van der Waals surface area contributed by atoms with Gasteiger partial charge in [-0.05, 0) is 49.9 Å². The van der Waals surface area contributed by atoms with Crippen molar-refractivity contribution in [1.82, 2.24) is 10.2 Å². The number of urea groups is 1. The summed E-state index contributed by atoms with van der Waals surface area (Å²) in [5.74, 6) is -0.350. The Morgan fingerprint density at radius 3 is 2.61 bits per heavy atom. The summed E-state index contributed by atoms with van der Waals surface area (Å²) in [6.45, 7) is 6.69. The summed E-state index contributed by atoms with van der Waals surface area (Å²) in [6, 6.07) is 14.2. The van der Waals surface area contributed by atoms with Crippen molar-refractivity contribution in [2.24, 2.45) is 5.92 Å². The van der Waals surface area contributed by atoms with Crippen LogP contribution < -0.4 is 10.2 Å². The van der Waals surface area contributed by atoms with E-state index in [0.29, 0.717) is 13.0 Å². The Kier molecular flexibility index (Phi) is 4.84. The number of nitrogens with zero attached hydrogens (tertiary/aromatic N) is 2. The third-order valence-electron chi connectivity index (χ3n) is 5.80. The molecule has 2 aliphatic rings. The van der Waals surface area contributed by atoms with Crippen LogP contribution in [0.25, 0.3) is 0 Å². The fourth-order valence-corrected chi connectivity index (χ4v) is 4.37. The predicted molar refractivity (Wildman–Crippen MR) is 111 cm³/mol. The highest BCUT2D eigenvalue weighted by Gasteiger charge is 2.47. The van der Waals surface area contributed by atoms with Crippen LogP contribution in [-0.2, 0) is 11.2 Å². The number of carbonyl (C=O) groups is 2. The minimum Gasteiger partial charge on any atom is -0.319 e. The van der Waals surface area contributed by atoms with Crippen LogP contribution in [0.3, 0.4) is 0 Å². The molecule has 0 saturated carbocycles. The topological polar surface area (TPSA) is 52.7 Å². The Morgan fingerprint density at radius 1 is 1.07 bits per heavy atom. The molecule has 0 spiro atoms. The van der Waals surface area contributed by atoms with Crippen LogP contribution in [0, 0.1) is 19.8 Å². The van der Waals surface area contributed by atoms with Crippen molar-refractivity contribution >= 4 is 23.3 Å². The number of amides is 3. The number of rotatable bonds is 4. The van der Waals surface area contributed by atoms with Gasteiger partial charge in [0.25, 0.3) is 0 Å². The molecule has 4 rings (SSSR count). The Labute approximate surface area is 166 Å². The molecule has 2 atom stereocenters. The van der Waals surface area contributed by atoms with E-state index in [0.717, 1.165) is 35.3 Å². The summed E-state index contributed by atoms with van der Waals surface area (Å²) in [5.41, 5.74) is 5.56. The maximum atomic E-state index is 13.2. The van der Waals surface area contributed by atoms with Gasteiger partial charge in [-0.15, -0.1) is 0 Å². The average Bonchev–Trinajstić information content (AvgIpc) is 2.67. The zero-order valence-electron chi connectivity index (χ0n) is 16.7. The summed E-state index contributed by atoms with van der Waals surface area (Å²) in [7, 11) is 0. The van der Waals surface area contributed by atoms with Crippen molar-refractivity contribution in [3.05, 3.63) is 59.2 Å². The van der Waals surface area contributed by atoms with E-state index < -0.39 is 0 Å². The first-order valence-corrected chi connectivity index (χ1v) is 10.1. The standard InChI is InChI=1S/C23H27N3O2/c1-4-5-12-25-22(27)18-14-17-8-6-7-9-20(17)26(21(18)24-23(25)28)19-11-10-15(2)13-16(19)3/h6-11,13,18,21H,4-5,12,14H2,1-3H3,(H,24,28). The molecule has 146 valence electrons. The SMILES string of the molecule is CCCCN1C(=O)NC2C(Cc3ccccc3N2c2ccc(C)cc2C)C1=O. The summed E-state index contributed by atoms with van der Waals surface area (Å²) in [5, 5.41) is 3.13. The van der Waals surface area contributed by atoms with Crippen LogP contribution in [0.2, 0.25) is 0 Å². The van der Waals surface area contributed by atoms with Gasteiger partial charge in [-0.25, -0.2) is 4.79 Å². The minimum absolute atomic E-state index is 0.0635. The van der Waals surface area contributed by atoms with Gasteiger partial charge in [0, 0.05) is 17.9 Å². The largest absolute Gasteiger partial charge is 0.325 e. The number of hydrogen-bond acceptors (Lipinski definition) is 3. The second-order valence-electron chi connectivity index (χ2n) is 7.84. The number of nitrogens with one attached hydrogen (secondary N) is 1. The van der Waals surface area contributed by atoms with Crippen molar-refractivity contribution in [3.63, 3.8) is 0 Å². The normalized spacial score (nSPS) is 21.2. The number of aryl methyl sites for hydroxylation is 2.